The second kappa shape index (κ2) is 7.11. The second-order valence-electron chi connectivity index (χ2n) is 5.28. The number of carbonyl (C=O) groups is 2. The van der Waals surface area contributed by atoms with Crippen LogP contribution in [-0.2, 0) is 11.3 Å². The average Bonchev–Trinajstić information content (AvgIpc) is 2.85. The second-order valence-corrected chi connectivity index (χ2v) is 6.60. The summed E-state index contributed by atoms with van der Waals surface area (Å²) in [6.45, 7) is 0.213. The molecule has 3 amide bonds. The molecule has 1 heterocycles. The lowest BCUT2D eigenvalue weighted by Crippen LogP contribution is -2.30. The van der Waals surface area contributed by atoms with Crippen LogP contribution in [0.5, 0.6) is 0 Å². The van der Waals surface area contributed by atoms with E-state index in [-0.39, 0.29) is 18.1 Å². The summed E-state index contributed by atoms with van der Waals surface area (Å²) in [6.07, 6.45) is 3.69. The van der Waals surface area contributed by atoms with Gasteiger partial charge in [-0.25, -0.2) is 4.79 Å². The van der Waals surface area contributed by atoms with E-state index in [1.807, 2.05) is 30.5 Å². The number of urea groups is 1. The van der Waals surface area contributed by atoms with Gasteiger partial charge in [0.2, 0.25) is 0 Å². The Morgan fingerprint density at radius 3 is 2.38 bits per heavy atom. The maximum atomic E-state index is 12.5. The third-order valence-electron chi connectivity index (χ3n) is 3.64. The van der Waals surface area contributed by atoms with Crippen LogP contribution >= 0.6 is 23.4 Å². The molecule has 2 aromatic carbocycles. The summed E-state index contributed by atoms with van der Waals surface area (Å²) in [5.74, 6) is -0.330. The predicted molar refractivity (Wildman–Crippen MR) is 96.7 cm³/mol. The minimum absolute atomic E-state index is 0.213. The summed E-state index contributed by atoms with van der Waals surface area (Å²) in [6, 6.07) is 14.4. The van der Waals surface area contributed by atoms with Gasteiger partial charge in [0.1, 0.15) is 5.70 Å². The highest BCUT2D eigenvalue weighted by Crippen LogP contribution is 2.20. The smallest absolute Gasteiger partial charge is 0.303 e. The van der Waals surface area contributed by atoms with Crippen LogP contribution in [0.15, 0.2) is 59.1 Å². The highest BCUT2D eigenvalue weighted by atomic mass is 35.5. The molecule has 1 saturated heterocycles. The summed E-state index contributed by atoms with van der Waals surface area (Å²) in [7, 11) is 0. The van der Waals surface area contributed by atoms with E-state index in [9.17, 15) is 9.59 Å². The Labute approximate surface area is 149 Å². The Kier molecular flexibility index (Phi) is 4.92. The Hall–Kier alpha value is -2.24. The third-order valence-corrected chi connectivity index (χ3v) is 4.64. The van der Waals surface area contributed by atoms with Gasteiger partial charge in [-0.3, -0.25) is 9.69 Å². The molecule has 3 rings (SSSR count). The molecule has 1 fully saturated rings. The van der Waals surface area contributed by atoms with Gasteiger partial charge in [0.15, 0.2) is 0 Å². The van der Waals surface area contributed by atoms with Gasteiger partial charge in [-0.1, -0.05) is 35.9 Å². The quantitative estimate of drug-likeness (QED) is 0.507. The van der Waals surface area contributed by atoms with E-state index in [0.717, 1.165) is 16.0 Å². The van der Waals surface area contributed by atoms with E-state index in [4.69, 9.17) is 11.6 Å². The molecule has 0 aliphatic carbocycles. The predicted octanol–water partition coefficient (Wildman–Crippen LogP) is 4.15. The number of nitrogens with one attached hydrogen (secondary N) is 1. The number of nitrogens with zero attached hydrogens (tertiary/aromatic N) is 1. The zero-order valence-corrected chi connectivity index (χ0v) is 14.5. The number of thioether (sulfide) groups is 1. The summed E-state index contributed by atoms with van der Waals surface area (Å²) < 4.78 is 0. The van der Waals surface area contributed by atoms with E-state index < -0.39 is 6.03 Å². The van der Waals surface area contributed by atoms with Gasteiger partial charge in [-0.15, -0.1) is 11.8 Å². The van der Waals surface area contributed by atoms with E-state index >= 15 is 0 Å². The molecule has 0 atom stereocenters. The Bertz CT molecular complexity index is 801. The van der Waals surface area contributed by atoms with Crippen LogP contribution in [0, 0.1) is 0 Å². The Morgan fingerprint density at radius 1 is 1.08 bits per heavy atom. The lowest BCUT2D eigenvalue weighted by Gasteiger charge is -2.11. The zero-order valence-electron chi connectivity index (χ0n) is 13.0. The molecule has 2 aromatic rings. The van der Waals surface area contributed by atoms with Crippen molar-refractivity contribution < 1.29 is 9.59 Å². The van der Waals surface area contributed by atoms with Crippen molar-refractivity contribution in [3.05, 3.63) is 70.4 Å². The third kappa shape index (κ3) is 3.63. The molecule has 0 aromatic heterocycles. The molecule has 24 heavy (non-hydrogen) atoms. The first-order valence-electron chi connectivity index (χ1n) is 7.30. The lowest BCUT2D eigenvalue weighted by molar-refractivity contribution is -0.123. The van der Waals surface area contributed by atoms with Gasteiger partial charge in [0.25, 0.3) is 5.91 Å². The van der Waals surface area contributed by atoms with Crippen molar-refractivity contribution in [1.29, 1.82) is 0 Å². The summed E-state index contributed by atoms with van der Waals surface area (Å²) >= 11 is 7.50. The first-order chi connectivity index (χ1) is 11.6. The number of carbonyl (C=O) groups excluding carboxylic acids is 2. The molecule has 0 radical (unpaired) electrons. The first kappa shape index (κ1) is 16.6. The minimum atomic E-state index is -0.415. The maximum Gasteiger partial charge on any atom is 0.329 e. The van der Waals surface area contributed by atoms with Crippen molar-refractivity contribution >= 4 is 41.4 Å². The molecular formula is C18H15ClN2O2S. The zero-order chi connectivity index (χ0) is 17.1. The highest BCUT2D eigenvalue weighted by molar-refractivity contribution is 7.98. The van der Waals surface area contributed by atoms with Crippen molar-refractivity contribution in [3.63, 3.8) is 0 Å². The van der Waals surface area contributed by atoms with Crippen LogP contribution in [0.3, 0.4) is 0 Å². The van der Waals surface area contributed by atoms with Crippen LogP contribution < -0.4 is 5.32 Å². The van der Waals surface area contributed by atoms with Crippen LogP contribution in [-0.4, -0.2) is 23.1 Å². The molecule has 4 nitrogen and oxygen atoms in total. The number of hydrogen-bond acceptors (Lipinski definition) is 3. The molecular weight excluding hydrogens is 344 g/mol. The lowest BCUT2D eigenvalue weighted by atomic mass is 10.2. The number of hydrogen-bond donors (Lipinski definition) is 1. The fourth-order valence-corrected chi connectivity index (χ4v) is 2.89. The van der Waals surface area contributed by atoms with Crippen LogP contribution in [0.25, 0.3) is 6.08 Å². The molecule has 0 bridgehead atoms. The molecule has 1 aliphatic rings. The van der Waals surface area contributed by atoms with Crippen molar-refractivity contribution in [2.45, 2.75) is 11.4 Å². The van der Waals surface area contributed by atoms with E-state index in [1.54, 1.807) is 42.1 Å². The summed E-state index contributed by atoms with van der Waals surface area (Å²) in [4.78, 5) is 26.9. The van der Waals surface area contributed by atoms with Gasteiger partial charge in [0.05, 0.1) is 6.54 Å². The molecule has 122 valence electrons. The molecule has 0 unspecified atom stereocenters. The molecule has 0 spiro atoms. The Morgan fingerprint density at radius 2 is 1.75 bits per heavy atom. The van der Waals surface area contributed by atoms with E-state index in [2.05, 4.69) is 5.32 Å². The van der Waals surface area contributed by atoms with Crippen molar-refractivity contribution in [1.82, 2.24) is 10.2 Å². The monoisotopic (exact) mass is 358 g/mol. The van der Waals surface area contributed by atoms with Crippen molar-refractivity contribution in [3.8, 4) is 0 Å². The maximum absolute atomic E-state index is 12.5. The van der Waals surface area contributed by atoms with E-state index in [0.29, 0.717) is 5.02 Å². The van der Waals surface area contributed by atoms with E-state index in [1.165, 1.54) is 4.90 Å². The number of amides is 3. The fourth-order valence-electron chi connectivity index (χ4n) is 2.35. The van der Waals surface area contributed by atoms with Crippen LogP contribution in [0.4, 0.5) is 4.79 Å². The van der Waals surface area contributed by atoms with Crippen LogP contribution in [0.2, 0.25) is 5.02 Å². The van der Waals surface area contributed by atoms with Gasteiger partial charge in [0, 0.05) is 9.92 Å². The number of halogens is 1. The van der Waals surface area contributed by atoms with Gasteiger partial charge >= 0.3 is 6.03 Å². The molecule has 1 aliphatic heterocycles. The SMILES string of the molecule is CSc1ccc(C=C2NC(=O)N(Cc3ccc(Cl)cc3)C2=O)cc1. The van der Waals surface area contributed by atoms with Gasteiger partial charge < -0.3 is 5.32 Å². The molecule has 1 N–H and O–H groups in total. The number of rotatable bonds is 4. The fraction of sp³-hybridized carbons (Fsp3) is 0.111. The minimum Gasteiger partial charge on any atom is -0.303 e. The highest BCUT2D eigenvalue weighted by Gasteiger charge is 2.33. The van der Waals surface area contributed by atoms with Crippen molar-refractivity contribution in [2.24, 2.45) is 0 Å². The van der Waals surface area contributed by atoms with Crippen LogP contribution in [0.1, 0.15) is 11.1 Å². The molecule has 0 saturated carbocycles. The van der Waals surface area contributed by atoms with Crippen molar-refractivity contribution in [2.75, 3.05) is 6.26 Å². The Balaban J connectivity index is 1.77. The largest absolute Gasteiger partial charge is 0.329 e. The topological polar surface area (TPSA) is 49.4 Å². The van der Waals surface area contributed by atoms with Gasteiger partial charge in [-0.05, 0) is 47.7 Å². The summed E-state index contributed by atoms with van der Waals surface area (Å²) in [5, 5.41) is 3.25. The molecule has 6 heteroatoms. The number of imide groups is 1. The van der Waals surface area contributed by atoms with Gasteiger partial charge in [-0.2, -0.15) is 0 Å². The average molecular weight is 359 g/mol. The normalized spacial score (nSPS) is 15.9. The standard InChI is InChI=1S/C18H15ClN2O2S/c1-24-15-8-4-12(5-9-15)10-16-17(22)21(18(23)20-16)11-13-2-6-14(19)7-3-13/h2-10H,11H2,1H3,(H,20,23). The summed E-state index contributed by atoms with van der Waals surface area (Å²) in [5.41, 5.74) is 1.99. The first-order valence-corrected chi connectivity index (χ1v) is 8.90. The number of benzene rings is 2.